The maximum absolute atomic E-state index is 9.88. The molecule has 0 aliphatic carbocycles. The van der Waals surface area contributed by atoms with Crippen LogP contribution >= 0.6 is 0 Å². The van der Waals surface area contributed by atoms with Crippen LogP contribution in [0.5, 0.6) is 11.5 Å². The molecule has 1 saturated heterocycles. The van der Waals surface area contributed by atoms with Crippen LogP contribution in [0.2, 0.25) is 0 Å². The highest BCUT2D eigenvalue weighted by atomic mass is 16.5. The lowest BCUT2D eigenvalue weighted by Gasteiger charge is -2.32. The number of benzene rings is 1. The van der Waals surface area contributed by atoms with Crippen molar-refractivity contribution < 1.29 is 19.3 Å². The summed E-state index contributed by atoms with van der Waals surface area (Å²) in [7, 11) is 3.25. The molecule has 3 N–H and O–H groups in total. The van der Waals surface area contributed by atoms with Crippen LogP contribution in [-0.4, -0.2) is 61.7 Å². The van der Waals surface area contributed by atoms with E-state index in [-0.39, 0.29) is 6.10 Å². The number of rotatable bonds is 6. The second-order valence-electron chi connectivity index (χ2n) is 7.16. The number of aliphatic hydroxyl groups is 1. The smallest absolute Gasteiger partial charge is 0.163 e. The number of hydrogen-bond acceptors (Lipinski definition) is 8. The lowest BCUT2D eigenvalue weighted by molar-refractivity contribution is 0.144. The molecule has 1 aliphatic heterocycles. The third kappa shape index (κ3) is 3.73. The van der Waals surface area contributed by atoms with Crippen molar-refractivity contribution in [1.82, 2.24) is 9.97 Å². The van der Waals surface area contributed by atoms with Gasteiger partial charge in [-0.3, -0.25) is 4.98 Å². The monoisotopic (exact) mass is 398 g/mol. The minimum absolute atomic E-state index is 0.246. The Morgan fingerprint density at radius 3 is 2.59 bits per heavy atom. The molecule has 2 aromatic heterocycles. The number of piperidine rings is 1. The number of fused-ring (bicyclic) bond motifs is 3. The van der Waals surface area contributed by atoms with E-state index in [4.69, 9.17) is 19.9 Å². The fourth-order valence-corrected chi connectivity index (χ4v) is 3.79. The Hall–Kier alpha value is -2.84. The number of nitrogen functional groups attached to an aromatic ring is 1. The molecule has 0 unspecified atom stereocenters. The van der Waals surface area contributed by atoms with Gasteiger partial charge < -0.3 is 30.0 Å². The molecule has 0 radical (unpaired) electrons. The first-order valence-electron chi connectivity index (χ1n) is 9.72. The quantitative estimate of drug-likeness (QED) is 0.482. The van der Waals surface area contributed by atoms with E-state index < -0.39 is 0 Å². The summed E-state index contributed by atoms with van der Waals surface area (Å²) in [4.78, 5) is 11.2. The van der Waals surface area contributed by atoms with Gasteiger partial charge >= 0.3 is 0 Å². The van der Waals surface area contributed by atoms with E-state index >= 15 is 0 Å². The lowest BCUT2D eigenvalue weighted by atomic mass is 10.0. The average Bonchev–Trinajstić information content (AvgIpc) is 2.74. The van der Waals surface area contributed by atoms with E-state index in [2.05, 4.69) is 14.9 Å². The fourth-order valence-electron chi connectivity index (χ4n) is 3.79. The SMILES string of the molecule is COCCOc1cc2ncc3c(N)ncc(N4CCC(O)CC4)c3c2cc1OC. The Labute approximate surface area is 169 Å². The summed E-state index contributed by atoms with van der Waals surface area (Å²) >= 11 is 0. The summed E-state index contributed by atoms with van der Waals surface area (Å²) in [6, 6.07) is 3.82. The van der Waals surface area contributed by atoms with Gasteiger partial charge in [-0.05, 0) is 18.9 Å². The van der Waals surface area contributed by atoms with Gasteiger partial charge in [0.15, 0.2) is 11.5 Å². The van der Waals surface area contributed by atoms with Crippen molar-refractivity contribution in [3.63, 3.8) is 0 Å². The van der Waals surface area contributed by atoms with Gasteiger partial charge in [0, 0.05) is 48.6 Å². The average molecular weight is 398 g/mol. The maximum Gasteiger partial charge on any atom is 0.163 e. The Morgan fingerprint density at radius 1 is 1.07 bits per heavy atom. The summed E-state index contributed by atoms with van der Waals surface area (Å²) in [6.07, 6.45) is 4.79. The molecule has 0 saturated carbocycles. The van der Waals surface area contributed by atoms with Gasteiger partial charge in [0.2, 0.25) is 0 Å². The molecule has 29 heavy (non-hydrogen) atoms. The van der Waals surface area contributed by atoms with Crippen LogP contribution in [0, 0.1) is 0 Å². The fraction of sp³-hybridized carbons (Fsp3) is 0.429. The van der Waals surface area contributed by atoms with E-state index in [9.17, 15) is 5.11 Å². The number of pyridine rings is 2. The predicted molar refractivity (Wildman–Crippen MR) is 113 cm³/mol. The maximum atomic E-state index is 9.88. The van der Waals surface area contributed by atoms with Gasteiger partial charge in [0.1, 0.15) is 12.4 Å². The Kier molecular flexibility index (Phi) is 5.55. The highest BCUT2D eigenvalue weighted by Crippen LogP contribution is 2.40. The van der Waals surface area contributed by atoms with Crippen molar-refractivity contribution in [3.8, 4) is 11.5 Å². The van der Waals surface area contributed by atoms with Crippen LogP contribution in [0.25, 0.3) is 21.7 Å². The number of hydrogen-bond donors (Lipinski definition) is 2. The van der Waals surface area contributed by atoms with Gasteiger partial charge in [-0.1, -0.05) is 0 Å². The number of nitrogens with two attached hydrogens (primary N) is 1. The molecule has 4 rings (SSSR count). The lowest BCUT2D eigenvalue weighted by Crippen LogP contribution is -2.36. The molecule has 8 heteroatoms. The van der Waals surface area contributed by atoms with Crippen LogP contribution in [-0.2, 0) is 4.74 Å². The topological polar surface area (TPSA) is 103 Å². The number of aromatic nitrogens is 2. The van der Waals surface area contributed by atoms with Gasteiger partial charge in [-0.25, -0.2) is 4.98 Å². The third-order valence-electron chi connectivity index (χ3n) is 5.36. The molecule has 0 spiro atoms. The number of aliphatic hydroxyl groups excluding tert-OH is 1. The van der Waals surface area contributed by atoms with Crippen molar-refractivity contribution in [3.05, 3.63) is 24.5 Å². The molecule has 3 heterocycles. The minimum Gasteiger partial charge on any atom is -0.493 e. The van der Waals surface area contributed by atoms with E-state index in [1.807, 2.05) is 18.3 Å². The second-order valence-corrected chi connectivity index (χ2v) is 7.16. The van der Waals surface area contributed by atoms with E-state index in [0.29, 0.717) is 30.5 Å². The van der Waals surface area contributed by atoms with Crippen molar-refractivity contribution >= 4 is 33.2 Å². The Balaban J connectivity index is 1.87. The Bertz CT molecular complexity index is 1020. The standard InChI is InChI=1S/C21H26N4O4/c1-27-7-8-29-19-10-16-14(9-18(19)28-2)20-15(11-23-16)21(22)24-12-17(20)25-5-3-13(26)4-6-25/h9-13,26H,3-8H2,1-2H3,(H2,22,24). The third-order valence-corrected chi connectivity index (χ3v) is 5.36. The summed E-state index contributed by atoms with van der Waals surface area (Å²) in [5.41, 5.74) is 7.95. The zero-order chi connectivity index (χ0) is 20.4. The highest BCUT2D eigenvalue weighted by molar-refractivity contribution is 6.15. The van der Waals surface area contributed by atoms with Crippen molar-refractivity contribution in [1.29, 1.82) is 0 Å². The summed E-state index contributed by atoms with van der Waals surface area (Å²) < 4.78 is 16.4. The summed E-state index contributed by atoms with van der Waals surface area (Å²) in [5.74, 6) is 1.68. The molecular formula is C21H26N4O4. The van der Waals surface area contributed by atoms with Crippen LogP contribution in [0.4, 0.5) is 11.5 Å². The molecule has 0 atom stereocenters. The van der Waals surface area contributed by atoms with Crippen molar-refractivity contribution in [2.75, 3.05) is 51.2 Å². The zero-order valence-corrected chi connectivity index (χ0v) is 16.7. The van der Waals surface area contributed by atoms with Crippen LogP contribution in [0.3, 0.4) is 0 Å². The zero-order valence-electron chi connectivity index (χ0n) is 16.7. The molecule has 0 amide bonds. The van der Waals surface area contributed by atoms with Gasteiger partial charge in [-0.15, -0.1) is 0 Å². The van der Waals surface area contributed by atoms with Crippen molar-refractivity contribution in [2.24, 2.45) is 0 Å². The van der Waals surface area contributed by atoms with Crippen LogP contribution in [0.1, 0.15) is 12.8 Å². The second kappa shape index (κ2) is 8.26. The largest absolute Gasteiger partial charge is 0.493 e. The molecule has 1 fully saturated rings. The van der Waals surface area contributed by atoms with E-state index in [0.717, 1.165) is 53.3 Å². The molecule has 1 aliphatic rings. The molecule has 3 aromatic rings. The van der Waals surface area contributed by atoms with E-state index in [1.165, 1.54) is 0 Å². The molecular weight excluding hydrogens is 372 g/mol. The highest BCUT2D eigenvalue weighted by Gasteiger charge is 2.22. The first-order valence-corrected chi connectivity index (χ1v) is 9.72. The number of ether oxygens (including phenoxy) is 3. The number of methoxy groups -OCH3 is 2. The van der Waals surface area contributed by atoms with Gasteiger partial charge in [0.25, 0.3) is 0 Å². The first kappa shape index (κ1) is 19.5. The van der Waals surface area contributed by atoms with E-state index in [1.54, 1.807) is 20.4 Å². The molecule has 1 aromatic carbocycles. The molecule has 0 bridgehead atoms. The van der Waals surface area contributed by atoms with Gasteiger partial charge in [-0.2, -0.15) is 0 Å². The van der Waals surface area contributed by atoms with Crippen molar-refractivity contribution in [2.45, 2.75) is 18.9 Å². The van der Waals surface area contributed by atoms with Crippen LogP contribution in [0.15, 0.2) is 24.5 Å². The normalized spacial score (nSPS) is 15.2. The minimum atomic E-state index is -0.246. The molecule has 154 valence electrons. The first-order chi connectivity index (χ1) is 14.1. The molecule has 8 nitrogen and oxygen atoms in total. The Morgan fingerprint density at radius 2 is 1.86 bits per heavy atom. The number of anilines is 2. The summed E-state index contributed by atoms with van der Waals surface area (Å²) in [5, 5.41) is 12.6. The summed E-state index contributed by atoms with van der Waals surface area (Å²) in [6.45, 7) is 2.44. The van der Waals surface area contributed by atoms with Crippen LogP contribution < -0.4 is 20.1 Å². The number of nitrogens with zero attached hydrogens (tertiary/aromatic N) is 3. The predicted octanol–water partition coefficient (Wildman–Crippen LogP) is 2.36. The van der Waals surface area contributed by atoms with Gasteiger partial charge in [0.05, 0.1) is 37.2 Å².